The van der Waals surface area contributed by atoms with Crippen molar-refractivity contribution in [2.75, 3.05) is 43.9 Å². The van der Waals surface area contributed by atoms with E-state index in [-0.39, 0.29) is 24.3 Å². The average molecular weight is 612 g/mol. The van der Waals surface area contributed by atoms with Crippen LogP contribution < -0.4 is 16.0 Å². The van der Waals surface area contributed by atoms with Crippen LogP contribution in [0.2, 0.25) is 0 Å². The largest absolute Gasteiger partial charge is 0.445 e. The molecule has 2 aromatic carbocycles. The van der Waals surface area contributed by atoms with Gasteiger partial charge in [-0.25, -0.2) is 9.78 Å². The first-order chi connectivity index (χ1) is 21.2. The third-order valence-electron chi connectivity index (χ3n) is 7.88. The average Bonchev–Trinajstić information content (AvgIpc) is 3.01. The van der Waals surface area contributed by atoms with Crippen molar-refractivity contribution in [3.8, 4) is 0 Å². The molecule has 1 aromatic heterocycles. The van der Waals surface area contributed by atoms with Gasteiger partial charge in [0.25, 0.3) is 5.91 Å². The number of carbonyl (C=O) groups excluding carboxylic acids is 2. The minimum atomic E-state index is -4.70. The van der Waals surface area contributed by atoms with Crippen LogP contribution in [0.15, 0.2) is 60.8 Å². The number of carbonyl (C=O) groups is 2. The van der Waals surface area contributed by atoms with Crippen LogP contribution in [-0.4, -0.2) is 77.1 Å². The maximum atomic E-state index is 14.0. The van der Waals surface area contributed by atoms with E-state index >= 15 is 0 Å². The molecule has 2 amide bonds. The van der Waals surface area contributed by atoms with Crippen LogP contribution >= 0.6 is 0 Å². The lowest BCUT2D eigenvalue weighted by molar-refractivity contribution is -0.137. The molecular formula is C31H36F3N7O3. The number of hydrogen-bond acceptors (Lipinski definition) is 8. The predicted octanol–water partition coefficient (Wildman–Crippen LogP) is 5.28. The van der Waals surface area contributed by atoms with Crippen molar-refractivity contribution < 1.29 is 27.5 Å². The lowest BCUT2D eigenvalue weighted by atomic mass is 9.90. The van der Waals surface area contributed by atoms with Crippen molar-refractivity contribution in [2.45, 2.75) is 50.6 Å². The van der Waals surface area contributed by atoms with E-state index in [0.29, 0.717) is 37.2 Å². The molecule has 3 N–H and O–H groups in total. The Morgan fingerprint density at radius 1 is 0.955 bits per heavy atom. The van der Waals surface area contributed by atoms with E-state index in [1.807, 2.05) is 37.4 Å². The number of benzene rings is 2. The Morgan fingerprint density at radius 2 is 1.64 bits per heavy atom. The molecule has 3 aromatic rings. The van der Waals surface area contributed by atoms with Crippen molar-refractivity contribution in [2.24, 2.45) is 0 Å². The quantitative estimate of drug-likeness (QED) is 0.316. The van der Waals surface area contributed by atoms with Gasteiger partial charge in [-0.2, -0.15) is 18.2 Å². The van der Waals surface area contributed by atoms with E-state index in [2.05, 4.69) is 30.8 Å². The highest BCUT2D eigenvalue weighted by atomic mass is 19.4. The van der Waals surface area contributed by atoms with E-state index in [0.717, 1.165) is 37.7 Å². The van der Waals surface area contributed by atoms with Crippen molar-refractivity contribution in [3.05, 3.63) is 77.5 Å². The zero-order valence-electron chi connectivity index (χ0n) is 24.4. The summed E-state index contributed by atoms with van der Waals surface area (Å²) in [4.78, 5) is 37.4. The third-order valence-corrected chi connectivity index (χ3v) is 7.88. The zero-order chi connectivity index (χ0) is 31.1. The molecule has 44 heavy (non-hydrogen) atoms. The van der Waals surface area contributed by atoms with Crippen LogP contribution in [0.4, 0.5) is 35.4 Å². The fourth-order valence-corrected chi connectivity index (χ4v) is 5.35. The van der Waals surface area contributed by atoms with Gasteiger partial charge < -0.3 is 30.5 Å². The number of nitrogens with zero attached hydrogens (tertiary/aromatic N) is 4. The van der Waals surface area contributed by atoms with Gasteiger partial charge in [0.2, 0.25) is 5.95 Å². The number of rotatable bonds is 8. The van der Waals surface area contributed by atoms with Gasteiger partial charge in [0, 0.05) is 49.7 Å². The Labute approximate surface area is 254 Å². The SMILES string of the molecule is CN1CCN(C(=O)c2ccc(Nc3ncc(C(F)(F)F)c(N[C@@H]4CCCC[C@@H]4NC(=O)OCc4ccccc4)n3)cc2)CC1. The molecule has 0 spiro atoms. The van der Waals surface area contributed by atoms with E-state index < -0.39 is 29.9 Å². The first-order valence-corrected chi connectivity index (χ1v) is 14.7. The summed E-state index contributed by atoms with van der Waals surface area (Å²) in [7, 11) is 2.01. The topological polar surface area (TPSA) is 112 Å². The Balaban J connectivity index is 1.26. The third kappa shape index (κ3) is 8.16. The molecular weight excluding hydrogens is 575 g/mol. The van der Waals surface area contributed by atoms with Crippen molar-refractivity contribution in [1.29, 1.82) is 0 Å². The van der Waals surface area contributed by atoms with Crippen molar-refractivity contribution >= 4 is 29.5 Å². The first kappa shape index (κ1) is 31.0. The highest BCUT2D eigenvalue weighted by molar-refractivity contribution is 5.94. The van der Waals surface area contributed by atoms with Gasteiger partial charge in [0.05, 0.1) is 6.04 Å². The normalized spacial score (nSPS) is 19.2. The minimum Gasteiger partial charge on any atom is -0.445 e. The zero-order valence-corrected chi connectivity index (χ0v) is 24.4. The second kappa shape index (κ2) is 13.9. The van der Waals surface area contributed by atoms with Crippen molar-refractivity contribution in [3.63, 3.8) is 0 Å². The number of halogens is 3. The van der Waals surface area contributed by atoms with E-state index in [9.17, 15) is 22.8 Å². The smallest absolute Gasteiger partial charge is 0.421 e. The van der Waals surface area contributed by atoms with E-state index in [4.69, 9.17) is 4.74 Å². The lowest BCUT2D eigenvalue weighted by Crippen LogP contribution is -2.49. The molecule has 2 heterocycles. The molecule has 5 rings (SSSR count). The number of hydrogen-bond donors (Lipinski definition) is 3. The molecule has 0 radical (unpaired) electrons. The number of alkyl halides is 3. The Hall–Kier alpha value is -4.39. The summed E-state index contributed by atoms with van der Waals surface area (Å²) in [6.07, 6.45) is -1.88. The van der Waals surface area contributed by atoms with Gasteiger partial charge in [0.15, 0.2) is 0 Å². The molecule has 1 saturated carbocycles. The van der Waals surface area contributed by atoms with Gasteiger partial charge in [-0.05, 0) is 49.7 Å². The summed E-state index contributed by atoms with van der Waals surface area (Å²) in [5.41, 5.74) is 0.859. The number of piperazine rings is 1. The van der Waals surface area contributed by atoms with Crippen LogP contribution in [-0.2, 0) is 17.5 Å². The summed E-state index contributed by atoms with van der Waals surface area (Å²) in [5, 5.41) is 8.69. The Morgan fingerprint density at radius 3 is 2.32 bits per heavy atom. The molecule has 0 bridgehead atoms. The fourth-order valence-electron chi connectivity index (χ4n) is 5.35. The van der Waals surface area contributed by atoms with Gasteiger partial charge in [-0.3, -0.25) is 4.79 Å². The Kier molecular flexibility index (Phi) is 9.83. The number of alkyl carbamates (subject to hydrolysis) is 1. The number of anilines is 3. The number of nitrogens with one attached hydrogen (secondary N) is 3. The summed E-state index contributed by atoms with van der Waals surface area (Å²) in [5.74, 6) is -0.490. The second-order valence-electron chi connectivity index (χ2n) is 11.1. The minimum absolute atomic E-state index is 0.0405. The van der Waals surface area contributed by atoms with Gasteiger partial charge in [-0.15, -0.1) is 0 Å². The molecule has 234 valence electrons. The highest BCUT2D eigenvalue weighted by Gasteiger charge is 2.37. The number of likely N-dealkylation sites (N-methyl/N-ethyl adjacent to an activating group) is 1. The molecule has 1 aliphatic carbocycles. The maximum Gasteiger partial charge on any atom is 0.421 e. The molecule has 0 unspecified atom stereocenters. The predicted molar refractivity (Wildman–Crippen MR) is 160 cm³/mol. The monoisotopic (exact) mass is 611 g/mol. The van der Waals surface area contributed by atoms with Crippen molar-refractivity contribution in [1.82, 2.24) is 25.1 Å². The molecule has 1 saturated heterocycles. The van der Waals surface area contributed by atoms with Gasteiger partial charge >= 0.3 is 12.3 Å². The van der Waals surface area contributed by atoms with Crippen LogP contribution in [0.1, 0.15) is 47.2 Å². The number of ether oxygens (including phenoxy) is 1. The summed E-state index contributed by atoms with van der Waals surface area (Å²) < 4.78 is 47.2. The molecule has 10 nitrogen and oxygen atoms in total. The number of amides is 2. The summed E-state index contributed by atoms with van der Waals surface area (Å²) in [6, 6.07) is 14.9. The van der Waals surface area contributed by atoms with E-state index in [1.54, 1.807) is 29.2 Å². The molecule has 2 fully saturated rings. The Bertz CT molecular complexity index is 1420. The van der Waals surface area contributed by atoms with Gasteiger partial charge in [-0.1, -0.05) is 43.2 Å². The van der Waals surface area contributed by atoms with E-state index in [1.165, 1.54) is 0 Å². The molecule has 13 heteroatoms. The summed E-state index contributed by atoms with van der Waals surface area (Å²) in [6.45, 7) is 3.00. The standard InChI is InChI=1S/C31H36F3N7O3/c1-40-15-17-41(18-16-40)28(42)22-11-13-23(14-12-22)36-29-35-19-24(31(32,33)34)27(39-29)37-25-9-5-6-10-26(25)38-30(43)44-20-21-7-3-2-4-8-21/h2-4,7-8,11-14,19,25-26H,5-6,9-10,15-18,20H2,1H3,(H,38,43)(H2,35,36,37,39)/t25-,26+/m1/s1. The van der Waals surface area contributed by atoms with Crippen LogP contribution in [0.25, 0.3) is 0 Å². The molecule has 1 aliphatic heterocycles. The molecule has 2 atom stereocenters. The van der Waals surface area contributed by atoms with Crippen LogP contribution in [0, 0.1) is 0 Å². The maximum absolute atomic E-state index is 14.0. The molecule has 2 aliphatic rings. The lowest BCUT2D eigenvalue weighted by Gasteiger charge is -2.33. The number of aromatic nitrogens is 2. The fraction of sp³-hybridized carbons (Fsp3) is 0.419. The first-order valence-electron chi connectivity index (χ1n) is 14.7. The van der Waals surface area contributed by atoms with Gasteiger partial charge in [0.1, 0.15) is 18.0 Å². The van der Waals surface area contributed by atoms with Crippen LogP contribution in [0.5, 0.6) is 0 Å². The summed E-state index contributed by atoms with van der Waals surface area (Å²) >= 11 is 0. The van der Waals surface area contributed by atoms with Crippen LogP contribution in [0.3, 0.4) is 0 Å². The second-order valence-corrected chi connectivity index (χ2v) is 11.1. The highest BCUT2D eigenvalue weighted by Crippen LogP contribution is 2.35.